The zero-order valence-electron chi connectivity index (χ0n) is 13.1. The first-order chi connectivity index (χ1) is 10.1. The van der Waals surface area contributed by atoms with E-state index >= 15 is 0 Å². The van der Waals surface area contributed by atoms with Gasteiger partial charge < -0.3 is 14.2 Å². The van der Waals surface area contributed by atoms with Gasteiger partial charge in [0.1, 0.15) is 5.76 Å². The van der Waals surface area contributed by atoms with Gasteiger partial charge in [-0.25, -0.2) is 0 Å². The Morgan fingerprint density at radius 1 is 1.43 bits per heavy atom. The van der Waals surface area contributed by atoms with Crippen LogP contribution in [0.15, 0.2) is 4.52 Å². The Morgan fingerprint density at radius 2 is 2.19 bits per heavy atom. The average Bonchev–Trinajstić information content (AvgIpc) is 3.00. The summed E-state index contributed by atoms with van der Waals surface area (Å²) in [5.41, 5.74) is 1.73. The van der Waals surface area contributed by atoms with E-state index in [4.69, 9.17) is 9.26 Å². The van der Waals surface area contributed by atoms with Crippen molar-refractivity contribution in [1.82, 2.24) is 10.1 Å². The lowest BCUT2D eigenvalue weighted by Crippen LogP contribution is -2.50. The van der Waals surface area contributed by atoms with Gasteiger partial charge in [0.15, 0.2) is 0 Å². The topological polar surface area (TPSA) is 55.6 Å². The molecule has 1 unspecified atom stereocenters. The number of nitrogens with zero attached hydrogens (tertiary/aromatic N) is 2. The molecule has 0 N–H and O–H groups in total. The Hall–Kier alpha value is -1.36. The summed E-state index contributed by atoms with van der Waals surface area (Å²) in [5, 5.41) is 4.05. The molecule has 1 aromatic rings. The van der Waals surface area contributed by atoms with Crippen LogP contribution in [-0.4, -0.2) is 36.2 Å². The number of likely N-dealkylation sites (tertiary alicyclic amines) is 1. The van der Waals surface area contributed by atoms with Crippen molar-refractivity contribution in [1.29, 1.82) is 0 Å². The van der Waals surface area contributed by atoms with Crippen LogP contribution in [0, 0.1) is 19.3 Å². The van der Waals surface area contributed by atoms with E-state index in [0.29, 0.717) is 6.61 Å². The summed E-state index contributed by atoms with van der Waals surface area (Å²) in [6.45, 7) is 5.27. The molecule has 0 spiro atoms. The van der Waals surface area contributed by atoms with Gasteiger partial charge in [-0.3, -0.25) is 4.79 Å². The lowest BCUT2D eigenvalue weighted by atomic mass is 9.68. The summed E-state index contributed by atoms with van der Waals surface area (Å²) in [6, 6.07) is 0.123. The fourth-order valence-corrected chi connectivity index (χ4v) is 3.88. The van der Waals surface area contributed by atoms with Crippen LogP contribution < -0.4 is 0 Å². The molecule has 116 valence electrons. The summed E-state index contributed by atoms with van der Waals surface area (Å²) < 4.78 is 10.6. The van der Waals surface area contributed by atoms with Gasteiger partial charge in [-0.15, -0.1) is 0 Å². The summed E-state index contributed by atoms with van der Waals surface area (Å²) in [7, 11) is 1.68. The molecule has 1 amide bonds. The molecule has 5 nitrogen and oxygen atoms in total. The number of carbonyl (C=O) groups excluding carboxylic acids is 1. The van der Waals surface area contributed by atoms with E-state index in [1.807, 2.05) is 18.7 Å². The molecule has 0 radical (unpaired) electrons. The summed E-state index contributed by atoms with van der Waals surface area (Å²) in [5.74, 6) is 1.10. The molecule has 21 heavy (non-hydrogen) atoms. The molecule has 0 bridgehead atoms. The van der Waals surface area contributed by atoms with Crippen LogP contribution >= 0.6 is 0 Å². The average molecular weight is 292 g/mol. The van der Waals surface area contributed by atoms with Gasteiger partial charge in [0, 0.05) is 19.2 Å². The van der Waals surface area contributed by atoms with Crippen molar-refractivity contribution in [2.45, 2.75) is 52.0 Å². The molecule has 1 aliphatic heterocycles. The molecular formula is C16H24N2O3. The largest absolute Gasteiger partial charge is 0.384 e. The fourth-order valence-electron chi connectivity index (χ4n) is 3.88. The fraction of sp³-hybridized carbons (Fsp3) is 0.750. The van der Waals surface area contributed by atoms with Crippen LogP contribution in [0.4, 0.5) is 0 Å². The molecule has 2 aliphatic rings. The molecule has 5 heteroatoms. The van der Waals surface area contributed by atoms with E-state index < -0.39 is 0 Å². The van der Waals surface area contributed by atoms with Crippen molar-refractivity contribution >= 4 is 5.91 Å². The molecule has 0 aromatic carbocycles. The Balaban J connectivity index is 1.86. The summed E-state index contributed by atoms with van der Waals surface area (Å²) >= 11 is 0. The first-order valence-electron chi connectivity index (χ1n) is 7.82. The predicted molar refractivity (Wildman–Crippen MR) is 77.8 cm³/mol. The van der Waals surface area contributed by atoms with Gasteiger partial charge in [-0.1, -0.05) is 11.6 Å². The highest BCUT2D eigenvalue weighted by Gasteiger charge is 2.49. The zero-order valence-corrected chi connectivity index (χ0v) is 13.1. The lowest BCUT2D eigenvalue weighted by molar-refractivity contribution is -0.153. The molecule has 1 saturated heterocycles. The maximum atomic E-state index is 13.1. The normalized spacial score (nSPS) is 24.1. The van der Waals surface area contributed by atoms with E-state index in [2.05, 4.69) is 5.16 Å². The van der Waals surface area contributed by atoms with Crippen molar-refractivity contribution in [3.63, 3.8) is 0 Å². The molecule has 2 fully saturated rings. The summed E-state index contributed by atoms with van der Waals surface area (Å²) in [6.07, 6.45) is 5.06. The van der Waals surface area contributed by atoms with Gasteiger partial charge in [-0.2, -0.15) is 0 Å². The quantitative estimate of drug-likeness (QED) is 0.856. The van der Waals surface area contributed by atoms with Gasteiger partial charge in [-0.05, 0) is 39.5 Å². The lowest BCUT2D eigenvalue weighted by Gasteiger charge is -2.43. The zero-order chi connectivity index (χ0) is 15.0. The summed E-state index contributed by atoms with van der Waals surface area (Å²) in [4.78, 5) is 15.1. The standard InChI is InChI=1S/C16H24N2O3/c1-11-14(12(2)21-17-11)13-6-4-9-18(13)15(19)16(10-20-3)7-5-8-16/h13H,4-10H2,1-3H3. The van der Waals surface area contributed by atoms with Crippen LogP contribution in [0.3, 0.4) is 0 Å². The van der Waals surface area contributed by atoms with Gasteiger partial charge in [0.2, 0.25) is 5.91 Å². The number of hydrogen-bond acceptors (Lipinski definition) is 4. The minimum Gasteiger partial charge on any atom is -0.384 e. The van der Waals surface area contributed by atoms with Gasteiger partial charge in [0.25, 0.3) is 0 Å². The number of rotatable bonds is 4. The third kappa shape index (κ3) is 2.27. The van der Waals surface area contributed by atoms with E-state index in [1.54, 1.807) is 7.11 Å². The molecular weight excluding hydrogens is 268 g/mol. The van der Waals surface area contributed by atoms with E-state index in [-0.39, 0.29) is 17.4 Å². The number of carbonyl (C=O) groups is 1. The second-order valence-electron chi connectivity index (χ2n) is 6.46. The number of ether oxygens (including phenoxy) is 1. The molecule has 1 aromatic heterocycles. The maximum absolute atomic E-state index is 13.1. The Bertz CT molecular complexity index is 514. The molecule has 1 atom stereocenters. The van der Waals surface area contributed by atoms with E-state index in [0.717, 1.165) is 55.7 Å². The van der Waals surface area contributed by atoms with Gasteiger partial charge in [0.05, 0.1) is 23.8 Å². The number of amides is 1. The highest BCUT2D eigenvalue weighted by molar-refractivity contribution is 5.84. The number of aromatic nitrogens is 1. The first kappa shape index (κ1) is 14.6. The smallest absolute Gasteiger partial charge is 0.231 e. The van der Waals surface area contributed by atoms with E-state index in [1.165, 1.54) is 0 Å². The van der Waals surface area contributed by atoms with Crippen LogP contribution in [0.1, 0.15) is 55.2 Å². The second kappa shape index (κ2) is 5.44. The van der Waals surface area contributed by atoms with Crippen LogP contribution in [0.2, 0.25) is 0 Å². The van der Waals surface area contributed by atoms with Crippen molar-refractivity contribution in [3.05, 3.63) is 17.0 Å². The van der Waals surface area contributed by atoms with Crippen molar-refractivity contribution in [3.8, 4) is 0 Å². The van der Waals surface area contributed by atoms with Crippen molar-refractivity contribution < 1.29 is 14.1 Å². The maximum Gasteiger partial charge on any atom is 0.231 e. The first-order valence-corrected chi connectivity index (χ1v) is 7.82. The minimum absolute atomic E-state index is 0.123. The van der Waals surface area contributed by atoms with Crippen molar-refractivity contribution in [2.75, 3.05) is 20.3 Å². The molecule has 1 saturated carbocycles. The highest BCUT2D eigenvalue weighted by atomic mass is 16.5. The number of aryl methyl sites for hydroxylation is 2. The Kier molecular flexibility index (Phi) is 3.78. The number of methoxy groups -OCH3 is 1. The van der Waals surface area contributed by atoms with Crippen molar-refractivity contribution in [2.24, 2.45) is 5.41 Å². The van der Waals surface area contributed by atoms with Crippen LogP contribution in [0.5, 0.6) is 0 Å². The monoisotopic (exact) mass is 292 g/mol. The van der Waals surface area contributed by atoms with Crippen LogP contribution in [0.25, 0.3) is 0 Å². The highest BCUT2D eigenvalue weighted by Crippen LogP contribution is 2.46. The second-order valence-corrected chi connectivity index (χ2v) is 6.46. The molecule has 2 heterocycles. The Labute approximate surface area is 125 Å². The van der Waals surface area contributed by atoms with Crippen LogP contribution in [-0.2, 0) is 9.53 Å². The predicted octanol–water partition coefficient (Wildman–Crippen LogP) is 2.77. The SMILES string of the molecule is COCC1(C(=O)N2CCCC2c2c(C)noc2C)CCC1. The Morgan fingerprint density at radius 3 is 2.71 bits per heavy atom. The third-order valence-electron chi connectivity index (χ3n) is 5.12. The minimum atomic E-state index is -0.281. The third-order valence-corrected chi connectivity index (χ3v) is 5.12. The number of hydrogen-bond donors (Lipinski definition) is 0. The van der Waals surface area contributed by atoms with E-state index in [9.17, 15) is 4.79 Å². The molecule has 3 rings (SSSR count). The molecule has 1 aliphatic carbocycles. The van der Waals surface area contributed by atoms with Gasteiger partial charge >= 0.3 is 0 Å².